The molecule has 0 saturated carbocycles. The average molecular weight is 572 g/mol. The highest BCUT2D eigenvalue weighted by atomic mass is 16.5. The molecule has 2 unspecified atom stereocenters. The van der Waals surface area contributed by atoms with E-state index in [0.717, 1.165) is 16.3 Å². The number of carbonyl (C=O) groups is 4. The molecule has 9 heteroatoms. The van der Waals surface area contributed by atoms with Crippen molar-refractivity contribution in [1.82, 2.24) is 10.2 Å². The number of hydrogen-bond donors (Lipinski definition) is 3. The van der Waals surface area contributed by atoms with E-state index in [1.807, 2.05) is 78.9 Å². The van der Waals surface area contributed by atoms with Crippen molar-refractivity contribution in [2.45, 2.75) is 44.7 Å². The molecule has 0 spiro atoms. The van der Waals surface area contributed by atoms with Crippen molar-refractivity contribution in [3.05, 3.63) is 90.5 Å². The number of aliphatic hydroxyl groups is 1. The van der Waals surface area contributed by atoms with Crippen LogP contribution in [0, 0.1) is 5.92 Å². The van der Waals surface area contributed by atoms with Gasteiger partial charge < -0.3 is 25.4 Å². The summed E-state index contributed by atoms with van der Waals surface area (Å²) < 4.78 is 5.36. The summed E-state index contributed by atoms with van der Waals surface area (Å²) in [5.41, 5.74) is 1.45. The molecule has 9 nitrogen and oxygen atoms in total. The molecular formula is C33H37N3O6. The van der Waals surface area contributed by atoms with E-state index in [2.05, 4.69) is 10.6 Å². The number of hydrogen-bond acceptors (Lipinski definition) is 6. The van der Waals surface area contributed by atoms with E-state index in [1.165, 1.54) is 4.90 Å². The van der Waals surface area contributed by atoms with E-state index in [4.69, 9.17) is 4.74 Å². The second-order valence-corrected chi connectivity index (χ2v) is 10.3. The lowest BCUT2D eigenvalue weighted by Crippen LogP contribution is -2.49. The van der Waals surface area contributed by atoms with Crippen molar-refractivity contribution in [3.63, 3.8) is 0 Å². The maximum Gasteiger partial charge on any atom is 0.305 e. The molecule has 3 aromatic rings. The zero-order valence-electron chi connectivity index (χ0n) is 23.5. The number of anilines is 1. The predicted octanol–water partition coefficient (Wildman–Crippen LogP) is 3.96. The lowest BCUT2D eigenvalue weighted by atomic mass is 9.98. The summed E-state index contributed by atoms with van der Waals surface area (Å²) in [6.07, 6.45) is 5.26. The van der Waals surface area contributed by atoms with Crippen molar-refractivity contribution in [2.75, 3.05) is 25.1 Å². The third kappa shape index (κ3) is 9.01. The molecule has 4 rings (SSSR count). The Balaban J connectivity index is 1.50. The first-order chi connectivity index (χ1) is 20.4. The number of benzene rings is 3. The summed E-state index contributed by atoms with van der Waals surface area (Å²) in [5, 5.41) is 17.1. The molecule has 220 valence electrons. The molecule has 3 amide bonds. The number of amides is 3. The summed E-state index contributed by atoms with van der Waals surface area (Å²) in [6.45, 7) is -0.109. The number of carbonyl (C=O) groups excluding carboxylic acids is 4. The van der Waals surface area contributed by atoms with Gasteiger partial charge in [0, 0.05) is 31.6 Å². The highest BCUT2D eigenvalue weighted by Crippen LogP contribution is 2.20. The first kappa shape index (κ1) is 30.5. The maximum atomic E-state index is 13.5. The van der Waals surface area contributed by atoms with Crippen LogP contribution in [0.25, 0.3) is 10.8 Å². The number of fused-ring (bicyclic) bond motifs is 1. The van der Waals surface area contributed by atoms with Gasteiger partial charge in [-0.3, -0.25) is 19.2 Å². The van der Waals surface area contributed by atoms with E-state index in [0.29, 0.717) is 25.1 Å². The monoisotopic (exact) mass is 571 g/mol. The molecule has 2 atom stereocenters. The van der Waals surface area contributed by atoms with Gasteiger partial charge in [0.1, 0.15) is 12.6 Å². The van der Waals surface area contributed by atoms with Crippen molar-refractivity contribution in [3.8, 4) is 0 Å². The Kier molecular flexibility index (Phi) is 11.2. The standard InChI is InChI=1S/C33H37N3O6/c37-19-18-36(22-24-10-4-3-5-11-24)30(38)21-27-14-6-1-2-7-15-31(39)42-23-29(35-32(27)40)33(41)34-28-17-16-25-12-8-9-13-26(25)20-28/h1,3-6,8-13,16-17,20,27,29,37H,2,7,14-15,18-19,21-23H2,(H,34,41)(H,35,40). The highest BCUT2D eigenvalue weighted by molar-refractivity contribution is 5.99. The van der Waals surface area contributed by atoms with Crippen LogP contribution in [0.4, 0.5) is 5.69 Å². The molecule has 1 aliphatic rings. The molecule has 0 bridgehead atoms. The van der Waals surface area contributed by atoms with Gasteiger partial charge in [0.2, 0.25) is 11.8 Å². The smallest absolute Gasteiger partial charge is 0.305 e. The Bertz CT molecular complexity index is 1410. The van der Waals surface area contributed by atoms with E-state index < -0.39 is 29.7 Å². The van der Waals surface area contributed by atoms with Crippen LogP contribution < -0.4 is 10.6 Å². The third-order valence-corrected chi connectivity index (χ3v) is 7.13. The van der Waals surface area contributed by atoms with Gasteiger partial charge in [0.05, 0.1) is 12.5 Å². The summed E-state index contributed by atoms with van der Waals surface area (Å²) in [4.78, 5) is 54.0. The summed E-state index contributed by atoms with van der Waals surface area (Å²) in [6, 6.07) is 21.5. The van der Waals surface area contributed by atoms with Crippen LogP contribution >= 0.6 is 0 Å². The Hall–Kier alpha value is -4.50. The Morgan fingerprint density at radius 2 is 1.74 bits per heavy atom. The fourth-order valence-electron chi connectivity index (χ4n) is 4.80. The fraction of sp³-hybridized carbons (Fsp3) is 0.333. The molecule has 3 N–H and O–H groups in total. The van der Waals surface area contributed by atoms with Crippen LogP contribution in [0.15, 0.2) is 84.9 Å². The van der Waals surface area contributed by atoms with Gasteiger partial charge in [-0.25, -0.2) is 0 Å². The number of allylic oxidation sites excluding steroid dienone is 2. The van der Waals surface area contributed by atoms with E-state index in [-0.39, 0.29) is 44.9 Å². The summed E-state index contributed by atoms with van der Waals surface area (Å²) in [5.74, 6) is -2.53. The fourth-order valence-corrected chi connectivity index (χ4v) is 4.80. The normalized spacial score (nSPS) is 18.1. The van der Waals surface area contributed by atoms with Crippen LogP contribution in [0.3, 0.4) is 0 Å². The number of nitrogens with one attached hydrogen (secondary N) is 2. The summed E-state index contributed by atoms with van der Waals surface area (Å²) in [7, 11) is 0. The number of esters is 1. The van der Waals surface area contributed by atoms with Crippen molar-refractivity contribution < 1.29 is 29.0 Å². The number of cyclic esters (lactones) is 1. The molecule has 0 aliphatic carbocycles. The van der Waals surface area contributed by atoms with E-state index >= 15 is 0 Å². The minimum absolute atomic E-state index is 0.109. The zero-order valence-corrected chi connectivity index (χ0v) is 23.5. The highest BCUT2D eigenvalue weighted by Gasteiger charge is 2.29. The van der Waals surface area contributed by atoms with Crippen molar-refractivity contribution >= 4 is 40.2 Å². The Morgan fingerprint density at radius 1 is 0.976 bits per heavy atom. The molecule has 0 fully saturated rings. The minimum atomic E-state index is -1.16. The van der Waals surface area contributed by atoms with Crippen LogP contribution in [-0.4, -0.2) is 59.5 Å². The predicted molar refractivity (Wildman–Crippen MR) is 160 cm³/mol. The Morgan fingerprint density at radius 3 is 2.52 bits per heavy atom. The van der Waals surface area contributed by atoms with E-state index in [1.54, 1.807) is 6.07 Å². The van der Waals surface area contributed by atoms with Crippen LogP contribution in [-0.2, 0) is 30.5 Å². The second-order valence-electron chi connectivity index (χ2n) is 10.3. The molecule has 3 aromatic carbocycles. The zero-order chi connectivity index (χ0) is 29.7. The largest absolute Gasteiger partial charge is 0.463 e. The van der Waals surface area contributed by atoms with Gasteiger partial charge in [0.25, 0.3) is 5.91 Å². The maximum absolute atomic E-state index is 13.5. The average Bonchev–Trinajstić information content (AvgIpc) is 3.01. The van der Waals surface area contributed by atoms with Crippen LogP contribution in [0.2, 0.25) is 0 Å². The summed E-state index contributed by atoms with van der Waals surface area (Å²) >= 11 is 0. The number of rotatable bonds is 8. The van der Waals surface area contributed by atoms with E-state index in [9.17, 15) is 24.3 Å². The lowest BCUT2D eigenvalue weighted by Gasteiger charge is -2.25. The third-order valence-electron chi connectivity index (χ3n) is 7.13. The number of nitrogens with zero attached hydrogens (tertiary/aromatic N) is 1. The lowest BCUT2D eigenvalue weighted by molar-refractivity contribution is -0.146. The molecule has 0 aromatic heterocycles. The molecule has 0 saturated heterocycles. The Labute approximate surface area is 245 Å². The first-order valence-electron chi connectivity index (χ1n) is 14.3. The second kappa shape index (κ2) is 15.5. The molecule has 42 heavy (non-hydrogen) atoms. The minimum Gasteiger partial charge on any atom is -0.463 e. The molecular weight excluding hydrogens is 534 g/mol. The quantitative estimate of drug-likeness (QED) is 0.278. The topological polar surface area (TPSA) is 125 Å². The van der Waals surface area contributed by atoms with Gasteiger partial charge in [-0.05, 0) is 47.7 Å². The number of ether oxygens (including phenoxy) is 1. The van der Waals surface area contributed by atoms with Crippen LogP contribution in [0.5, 0.6) is 0 Å². The SMILES string of the molecule is O=C1CCCC=CCC(CC(=O)N(CCO)Cc2ccccc2)C(=O)NC(C(=O)Nc2ccc3ccccc3c2)CO1. The molecule has 0 radical (unpaired) electrons. The van der Waals surface area contributed by atoms with Crippen LogP contribution in [0.1, 0.15) is 37.7 Å². The first-order valence-corrected chi connectivity index (χ1v) is 14.3. The van der Waals surface area contributed by atoms with Gasteiger partial charge in [-0.2, -0.15) is 0 Å². The van der Waals surface area contributed by atoms with Crippen molar-refractivity contribution in [2.24, 2.45) is 5.92 Å². The molecule has 1 heterocycles. The van der Waals surface area contributed by atoms with Gasteiger partial charge >= 0.3 is 5.97 Å². The van der Waals surface area contributed by atoms with Gasteiger partial charge in [-0.1, -0.05) is 72.8 Å². The number of aliphatic hydroxyl groups excluding tert-OH is 1. The van der Waals surface area contributed by atoms with Crippen molar-refractivity contribution in [1.29, 1.82) is 0 Å². The van der Waals surface area contributed by atoms with Gasteiger partial charge in [0.15, 0.2) is 0 Å². The van der Waals surface area contributed by atoms with Gasteiger partial charge in [-0.15, -0.1) is 0 Å². The molecule has 1 aliphatic heterocycles.